The third-order valence-corrected chi connectivity index (χ3v) is 5.34. The molecule has 3 N–H and O–H groups in total. The summed E-state index contributed by atoms with van der Waals surface area (Å²) in [6.07, 6.45) is 3.05. The van der Waals surface area contributed by atoms with E-state index in [1.165, 1.54) is 49.6 Å². The van der Waals surface area contributed by atoms with E-state index >= 15 is 0 Å². The van der Waals surface area contributed by atoms with Gasteiger partial charge in [-0.2, -0.15) is 0 Å². The van der Waals surface area contributed by atoms with Crippen molar-refractivity contribution in [3.63, 3.8) is 0 Å². The van der Waals surface area contributed by atoms with Crippen molar-refractivity contribution in [2.75, 3.05) is 22.8 Å². The van der Waals surface area contributed by atoms with Crippen molar-refractivity contribution in [2.24, 2.45) is 0 Å². The number of benzene rings is 2. The zero-order chi connectivity index (χ0) is 20.9. The van der Waals surface area contributed by atoms with Gasteiger partial charge in [-0.05, 0) is 35.9 Å². The predicted octanol–water partition coefficient (Wildman–Crippen LogP) is 1.97. The van der Waals surface area contributed by atoms with Crippen molar-refractivity contribution in [1.29, 1.82) is 0 Å². The van der Waals surface area contributed by atoms with E-state index in [1.807, 2.05) is 0 Å². The topological polar surface area (TPSA) is 139 Å². The van der Waals surface area contributed by atoms with Gasteiger partial charge in [0, 0.05) is 6.08 Å². The van der Waals surface area contributed by atoms with Crippen molar-refractivity contribution in [2.45, 2.75) is 4.90 Å². The number of sulfonamides is 2. The number of para-hydroxylation sites is 2. The van der Waals surface area contributed by atoms with Crippen LogP contribution in [0.15, 0.2) is 53.4 Å². The number of carboxylic acid groups (broad SMARTS) is 1. The molecule has 0 atom stereocenters. The monoisotopic (exact) mass is 426 g/mol. The number of rotatable bonds is 8. The summed E-state index contributed by atoms with van der Waals surface area (Å²) in [5.41, 5.74) is 0.391. The molecule has 0 aromatic heterocycles. The van der Waals surface area contributed by atoms with Gasteiger partial charge in [-0.25, -0.2) is 21.6 Å². The molecule has 0 saturated heterocycles. The standard InChI is InChI=1S/C17H18N2O7S2/c1-26-15-9-7-12(8-10-17(20)21)11-16(15)28(24,25)19-14-6-4-3-5-13(14)18-27(2,22)23/h3-11,18-19H,1-2H3,(H,20,21). The molecule has 2 aromatic rings. The van der Waals surface area contributed by atoms with Gasteiger partial charge in [0.1, 0.15) is 10.6 Å². The summed E-state index contributed by atoms with van der Waals surface area (Å²) in [6, 6.07) is 10.0. The number of anilines is 2. The van der Waals surface area contributed by atoms with Crippen LogP contribution in [0, 0.1) is 0 Å². The van der Waals surface area contributed by atoms with E-state index in [2.05, 4.69) is 9.44 Å². The molecule has 11 heteroatoms. The Balaban J connectivity index is 2.48. The number of methoxy groups -OCH3 is 1. The molecule has 0 fully saturated rings. The van der Waals surface area contributed by atoms with Crippen LogP contribution in [0.4, 0.5) is 11.4 Å². The van der Waals surface area contributed by atoms with Crippen LogP contribution in [-0.4, -0.2) is 41.3 Å². The molecule has 2 rings (SSSR count). The highest BCUT2D eigenvalue weighted by Crippen LogP contribution is 2.30. The first-order valence-corrected chi connectivity index (χ1v) is 11.1. The summed E-state index contributed by atoms with van der Waals surface area (Å²) >= 11 is 0. The Morgan fingerprint density at radius 1 is 1.04 bits per heavy atom. The minimum absolute atomic E-state index is 0.0152. The number of aliphatic carboxylic acids is 1. The molecule has 0 heterocycles. The van der Waals surface area contributed by atoms with Gasteiger partial charge in [0.2, 0.25) is 10.0 Å². The maximum absolute atomic E-state index is 12.9. The fourth-order valence-corrected chi connectivity index (χ4v) is 4.10. The molecular formula is C17H18N2O7S2. The minimum Gasteiger partial charge on any atom is -0.495 e. The van der Waals surface area contributed by atoms with Crippen LogP contribution in [0.5, 0.6) is 5.75 Å². The Morgan fingerprint density at radius 3 is 2.18 bits per heavy atom. The molecule has 150 valence electrons. The number of carbonyl (C=O) groups is 1. The average Bonchev–Trinajstić information content (AvgIpc) is 2.60. The Bertz CT molecular complexity index is 1120. The molecule has 0 aliphatic rings. The lowest BCUT2D eigenvalue weighted by molar-refractivity contribution is -0.131. The SMILES string of the molecule is COc1ccc(C=CC(=O)O)cc1S(=O)(=O)Nc1ccccc1NS(C)(=O)=O. The van der Waals surface area contributed by atoms with E-state index in [9.17, 15) is 21.6 Å². The number of carboxylic acids is 1. The van der Waals surface area contributed by atoms with Gasteiger partial charge < -0.3 is 9.84 Å². The number of hydrogen-bond acceptors (Lipinski definition) is 6. The van der Waals surface area contributed by atoms with Crippen LogP contribution in [0.3, 0.4) is 0 Å². The third-order valence-electron chi connectivity index (χ3n) is 3.36. The van der Waals surface area contributed by atoms with Gasteiger partial charge >= 0.3 is 5.97 Å². The van der Waals surface area contributed by atoms with Crippen molar-refractivity contribution in [3.05, 3.63) is 54.1 Å². The molecule has 0 amide bonds. The minimum atomic E-state index is -4.19. The van der Waals surface area contributed by atoms with E-state index in [-0.39, 0.29) is 22.0 Å². The molecule has 9 nitrogen and oxygen atoms in total. The number of nitrogens with one attached hydrogen (secondary N) is 2. The van der Waals surface area contributed by atoms with E-state index in [4.69, 9.17) is 9.84 Å². The molecule has 0 radical (unpaired) electrons. The first-order chi connectivity index (χ1) is 13.0. The Morgan fingerprint density at radius 2 is 1.64 bits per heavy atom. The maximum Gasteiger partial charge on any atom is 0.328 e. The van der Waals surface area contributed by atoms with Crippen LogP contribution in [0.25, 0.3) is 6.08 Å². The molecule has 0 saturated carbocycles. The van der Waals surface area contributed by atoms with Crippen molar-refractivity contribution in [3.8, 4) is 5.75 Å². The summed E-state index contributed by atoms with van der Waals surface area (Å²) in [6.45, 7) is 0. The maximum atomic E-state index is 12.9. The normalized spacial score (nSPS) is 11.9. The Labute approximate surface area is 162 Å². The Kier molecular flexibility index (Phi) is 6.31. The smallest absolute Gasteiger partial charge is 0.328 e. The number of hydrogen-bond donors (Lipinski definition) is 3. The highest BCUT2D eigenvalue weighted by atomic mass is 32.2. The molecule has 28 heavy (non-hydrogen) atoms. The molecule has 0 spiro atoms. The summed E-state index contributed by atoms with van der Waals surface area (Å²) < 4.78 is 58.4. The van der Waals surface area contributed by atoms with Crippen LogP contribution < -0.4 is 14.2 Å². The first-order valence-electron chi connectivity index (χ1n) is 7.70. The quantitative estimate of drug-likeness (QED) is 0.548. The zero-order valence-electron chi connectivity index (χ0n) is 14.9. The lowest BCUT2D eigenvalue weighted by atomic mass is 10.2. The van der Waals surface area contributed by atoms with Gasteiger partial charge in [0.15, 0.2) is 0 Å². The van der Waals surface area contributed by atoms with Crippen LogP contribution in [0.1, 0.15) is 5.56 Å². The van der Waals surface area contributed by atoms with E-state index in [1.54, 1.807) is 6.07 Å². The van der Waals surface area contributed by atoms with Gasteiger partial charge in [-0.15, -0.1) is 0 Å². The van der Waals surface area contributed by atoms with E-state index < -0.39 is 26.0 Å². The van der Waals surface area contributed by atoms with Crippen molar-refractivity contribution in [1.82, 2.24) is 0 Å². The van der Waals surface area contributed by atoms with Crippen LogP contribution >= 0.6 is 0 Å². The summed E-state index contributed by atoms with van der Waals surface area (Å²) in [5, 5.41) is 8.72. The zero-order valence-corrected chi connectivity index (χ0v) is 16.5. The molecule has 2 aromatic carbocycles. The molecule has 0 aliphatic carbocycles. The Hall–Kier alpha value is -3.05. The van der Waals surface area contributed by atoms with E-state index in [0.29, 0.717) is 5.56 Å². The van der Waals surface area contributed by atoms with Gasteiger partial charge in [0.05, 0.1) is 24.7 Å². The first kappa shape index (κ1) is 21.3. The van der Waals surface area contributed by atoms with E-state index in [0.717, 1.165) is 12.3 Å². The number of ether oxygens (including phenoxy) is 1. The third kappa shape index (κ3) is 5.72. The molecule has 0 aliphatic heterocycles. The van der Waals surface area contributed by atoms with Gasteiger partial charge in [-0.1, -0.05) is 18.2 Å². The molecular weight excluding hydrogens is 408 g/mol. The van der Waals surface area contributed by atoms with Crippen molar-refractivity contribution < 1.29 is 31.5 Å². The van der Waals surface area contributed by atoms with Crippen LogP contribution in [-0.2, 0) is 24.8 Å². The molecule has 0 unspecified atom stereocenters. The fraction of sp³-hybridized carbons (Fsp3) is 0.118. The van der Waals surface area contributed by atoms with Gasteiger partial charge in [-0.3, -0.25) is 9.44 Å². The lowest BCUT2D eigenvalue weighted by Gasteiger charge is -2.15. The van der Waals surface area contributed by atoms with Crippen LogP contribution in [0.2, 0.25) is 0 Å². The summed E-state index contributed by atoms with van der Waals surface area (Å²) in [4.78, 5) is 10.4. The second-order valence-corrected chi connectivity index (χ2v) is 9.01. The van der Waals surface area contributed by atoms with Gasteiger partial charge in [0.25, 0.3) is 10.0 Å². The largest absolute Gasteiger partial charge is 0.495 e. The predicted molar refractivity (Wildman–Crippen MR) is 105 cm³/mol. The highest BCUT2D eigenvalue weighted by molar-refractivity contribution is 7.93. The van der Waals surface area contributed by atoms with Crippen molar-refractivity contribution >= 4 is 43.5 Å². The average molecular weight is 426 g/mol. The molecule has 0 bridgehead atoms. The lowest BCUT2D eigenvalue weighted by Crippen LogP contribution is -2.17. The fourth-order valence-electron chi connectivity index (χ4n) is 2.24. The second-order valence-electron chi connectivity index (χ2n) is 5.61. The highest BCUT2D eigenvalue weighted by Gasteiger charge is 2.22. The summed E-state index contributed by atoms with van der Waals surface area (Å²) in [7, 11) is -6.52. The summed E-state index contributed by atoms with van der Waals surface area (Å²) in [5.74, 6) is -1.15. The second kappa shape index (κ2) is 8.31.